The van der Waals surface area contributed by atoms with Gasteiger partial charge in [-0.25, -0.2) is 0 Å². The van der Waals surface area contributed by atoms with Crippen molar-refractivity contribution in [2.75, 3.05) is 0 Å². The minimum Gasteiger partial charge on any atom is -0.263 e. The monoisotopic (exact) mass is 317 g/mol. The van der Waals surface area contributed by atoms with Crippen LogP contribution in [0.3, 0.4) is 0 Å². The highest BCUT2D eigenvalue weighted by Crippen LogP contribution is 2.21. The number of aromatic nitrogens is 1. The van der Waals surface area contributed by atoms with Crippen molar-refractivity contribution in [2.45, 2.75) is 56.7 Å². The highest BCUT2D eigenvalue weighted by molar-refractivity contribution is 9.09. The van der Waals surface area contributed by atoms with Gasteiger partial charge in [0.25, 0.3) is 0 Å². The third-order valence-electron chi connectivity index (χ3n) is 2.92. The summed E-state index contributed by atoms with van der Waals surface area (Å²) in [5.41, 5.74) is 1.19. The lowest BCUT2D eigenvalue weighted by molar-refractivity contribution is 0.598. The van der Waals surface area contributed by atoms with Crippen molar-refractivity contribution in [3.63, 3.8) is 0 Å². The largest absolute Gasteiger partial charge is 0.263 e. The van der Waals surface area contributed by atoms with E-state index < -0.39 is 0 Å². The first-order chi connectivity index (χ1) is 8.24. The van der Waals surface area contributed by atoms with Crippen molar-refractivity contribution in [2.24, 2.45) is 0 Å². The lowest BCUT2D eigenvalue weighted by Crippen LogP contribution is -2.03. The summed E-state index contributed by atoms with van der Waals surface area (Å²) in [6.07, 6.45) is 12.4. The molecule has 0 radical (unpaired) electrons. The van der Waals surface area contributed by atoms with E-state index in [2.05, 4.69) is 27.8 Å². The Hall–Kier alpha value is -0.0800. The van der Waals surface area contributed by atoms with E-state index >= 15 is 0 Å². The first-order valence-electron chi connectivity index (χ1n) is 6.46. The fraction of sp³-hybridized carbons (Fsp3) is 0.643. The van der Waals surface area contributed by atoms with Crippen molar-refractivity contribution in [1.29, 1.82) is 0 Å². The second kappa shape index (κ2) is 8.93. The van der Waals surface area contributed by atoms with E-state index in [0.717, 1.165) is 11.4 Å². The molecule has 0 aliphatic carbocycles. The van der Waals surface area contributed by atoms with Crippen LogP contribution in [-0.4, -0.2) is 9.81 Å². The van der Waals surface area contributed by atoms with Crippen LogP contribution in [0.25, 0.3) is 0 Å². The van der Waals surface area contributed by atoms with E-state index in [-0.39, 0.29) is 0 Å². The van der Waals surface area contributed by atoms with Gasteiger partial charge in [-0.05, 0) is 24.5 Å². The Balaban J connectivity index is 2.21. The number of rotatable bonds is 8. The van der Waals surface area contributed by atoms with E-state index in [9.17, 15) is 0 Å². The number of hydrogen-bond donors (Lipinski definition) is 0. The topological polar surface area (TPSA) is 12.9 Å². The van der Waals surface area contributed by atoms with Crippen molar-refractivity contribution >= 4 is 27.5 Å². The summed E-state index contributed by atoms with van der Waals surface area (Å²) < 4.78 is 0. The molecule has 0 bridgehead atoms. The highest BCUT2D eigenvalue weighted by atomic mass is 79.9. The van der Waals surface area contributed by atoms with Gasteiger partial charge in [-0.3, -0.25) is 4.98 Å². The van der Waals surface area contributed by atoms with Crippen LogP contribution in [0.2, 0.25) is 5.02 Å². The molecule has 1 aromatic heterocycles. The number of pyridine rings is 1. The zero-order valence-corrected chi connectivity index (χ0v) is 12.8. The fourth-order valence-electron chi connectivity index (χ4n) is 1.88. The number of unbranched alkanes of at least 4 members (excludes halogenated alkanes) is 4. The third-order valence-corrected chi connectivity index (χ3v) is 4.04. The minimum absolute atomic E-state index is 0.532. The molecule has 1 aromatic rings. The number of nitrogens with zero attached hydrogens (tertiary/aromatic N) is 1. The maximum absolute atomic E-state index is 6.09. The quantitative estimate of drug-likeness (QED) is 0.462. The molecule has 0 spiro atoms. The molecule has 0 saturated heterocycles. The molecule has 17 heavy (non-hydrogen) atoms. The highest BCUT2D eigenvalue weighted by Gasteiger charge is 2.08. The van der Waals surface area contributed by atoms with Crippen LogP contribution in [-0.2, 0) is 6.42 Å². The molecule has 0 amide bonds. The Morgan fingerprint density at radius 3 is 2.76 bits per heavy atom. The second-order valence-electron chi connectivity index (χ2n) is 4.47. The standard InChI is InChI=1S/C14H21BrClN/c1-2-3-4-5-6-7-13(15)10-12-8-9-17-11-14(12)16/h8-9,11,13H,2-7,10H2,1H3. The molecule has 96 valence electrons. The second-order valence-corrected chi connectivity index (χ2v) is 6.17. The van der Waals surface area contributed by atoms with Crippen LogP contribution in [0.1, 0.15) is 51.0 Å². The van der Waals surface area contributed by atoms with Gasteiger partial charge in [0.15, 0.2) is 0 Å². The molecule has 1 unspecified atom stereocenters. The predicted octanol–water partition coefficient (Wildman–Crippen LogP) is 5.40. The van der Waals surface area contributed by atoms with Gasteiger partial charge in [-0.15, -0.1) is 0 Å². The van der Waals surface area contributed by atoms with Gasteiger partial charge in [0.2, 0.25) is 0 Å². The smallest absolute Gasteiger partial charge is 0.0621 e. The van der Waals surface area contributed by atoms with E-state index in [0.29, 0.717) is 4.83 Å². The van der Waals surface area contributed by atoms with Gasteiger partial charge in [-0.1, -0.05) is 66.6 Å². The normalized spacial score (nSPS) is 12.6. The summed E-state index contributed by atoms with van der Waals surface area (Å²) in [6, 6.07) is 2.01. The lowest BCUT2D eigenvalue weighted by atomic mass is 10.1. The number of halogens is 2. The summed E-state index contributed by atoms with van der Waals surface area (Å²) in [5.74, 6) is 0. The van der Waals surface area contributed by atoms with Crippen LogP contribution < -0.4 is 0 Å². The Labute approximate surface area is 118 Å². The first kappa shape index (κ1) is 15.0. The van der Waals surface area contributed by atoms with Gasteiger partial charge >= 0.3 is 0 Å². The van der Waals surface area contributed by atoms with Gasteiger partial charge in [0.05, 0.1) is 5.02 Å². The molecule has 0 aromatic carbocycles. The average Bonchev–Trinajstić information content (AvgIpc) is 2.32. The molecule has 0 saturated carbocycles. The molecule has 0 N–H and O–H groups in total. The Morgan fingerprint density at radius 1 is 1.29 bits per heavy atom. The minimum atomic E-state index is 0.532. The first-order valence-corrected chi connectivity index (χ1v) is 7.76. The van der Waals surface area contributed by atoms with Crippen molar-refractivity contribution in [3.05, 3.63) is 29.0 Å². The Kier molecular flexibility index (Phi) is 7.87. The molecule has 1 nitrogen and oxygen atoms in total. The molecule has 0 aliphatic rings. The molecular formula is C14H21BrClN. The summed E-state index contributed by atoms with van der Waals surface area (Å²) in [6.45, 7) is 2.25. The fourth-order valence-corrected chi connectivity index (χ4v) is 2.75. The molecule has 0 fully saturated rings. The van der Waals surface area contributed by atoms with Gasteiger partial charge in [0.1, 0.15) is 0 Å². The summed E-state index contributed by atoms with van der Waals surface area (Å²) in [4.78, 5) is 4.53. The zero-order chi connectivity index (χ0) is 12.5. The van der Waals surface area contributed by atoms with Gasteiger partial charge in [-0.2, -0.15) is 0 Å². The van der Waals surface area contributed by atoms with Crippen molar-refractivity contribution in [1.82, 2.24) is 4.98 Å². The summed E-state index contributed by atoms with van der Waals surface area (Å²) in [5, 5.41) is 0.780. The molecule has 1 atom stereocenters. The molecule has 1 rings (SSSR count). The van der Waals surface area contributed by atoms with Crippen molar-refractivity contribution in [3.8, 4) is 0 Å². The van der Waals surface area contributed by atoms with Crippen LogP contribution in [0, 0.1) is 0 Å². The number of hydrogen-bond acceptors (Lipinski definition) is 1. The molecule has 0 aliphatic heterocycles. The van der Waals surface area contributed by atoms with E-state index in [1.54, 1.807) is 6.20 Å². The van der Waals surface area contributed by atoms with E-state index in [4.69, 9.17) is 11.6 Å². The average molecular weight is 319 g/mol. The molecular weight excluding hydrogens is 298 g/mol. The van der Waals surface area contributed by atoms with Crippen LogP contribution >= 0.6 is 27.5 Å². The van der Waals surface area contributed by atoms with Crippen molar-refractivity contribution < 1.29 is 0 Å². The third kappa shape index (κ3) is 6.42. The van der Waals surface area contributed by atoms with E-state index in [1.165, 1.54) is 44.1 Å². The summed E-state index contributed by atoms with van der Waals surface area (Å²) in [7, 11) is 0. The van der Waals surface area contributed by atoms with Crippen LogP contribution in [0.5, 0.6) is 0 Å². The molecule has 1 heterocycles. The maximum Gasteiger partial charge on any atom is 0.0621 e. The molecule has 3 heteroatoms. The van der Waals surface area contributed by atoms with E-state index in [1.807, 2.05) is 12.3 Å². The van der Waals surface area contributed by atoms with Gasteiger partial charge in [0, 0.05) is 17.2 Å². The SMILES string of the molecule is CCCCCCCC(Br)Cc1ccncc1Cl. The predicted molar refractivity (Wildman–Crippen MR) is 79.0 cm³/mol. The van der Waals surface area contributed by atoms with Gasteiger partial charge < -0.3 is 0 Å². The van der Waals surface area contributed by atoms with Crippen LogP contribution in [0.4, 0.5) is 0 Å². The summed E-state index contributed by atoms with van der Waals surface area (Å²) >= 11 is 9.83. The lowest BCUT2D eigenvalue weighted by Gasteiger charge is -2.10. The zero-order valence-electron chi connectivity index (χ0n) is 10.5. The maximum atomic E-state index is 6.09. The Morgan fingerprint density at radius 2 is 2.06 bits per heavy atom. The number of alkyl halides is 1. The Bertz CT molecular complexity index is 317. The van der Waals surface area contributed by atoms with Crippen LogP contribution in [0.15, 0.2) is 18.5 Å².